The number of hydrogen-bond donors (Lipinski definition) is 2. The van der Waals surface area contributed by atoms with Crippen LogP contribution in [-0.2, 0) is 0 Å². The maximum absolute atomic E-state index is 10.7. The van der Waals surface area contributed by atoms with E-state index in [0.717, 1.165) is 0 Å². The molecule has 0 aliphatic carbocycles. The van der Waals surface area contributed by atoms with Crippen LogP contribution in [0.2, 0.25) is 0 Å². The second kappa shape index (κ2) is 4.18. The molecule has 1 aromatic carbocycles. The molecule has 0 saturated carbocycles. The van der Waals surface area contributed by atoms with Crippen LogP contribution in [0.3, 0.4) is 0 Å². The van der Waals surface area contributed by atoms with Gasteiger partial charge in [0.05, 0.1) is 11.6 Å². The van der Waals surface area contributed by atoms with E-state index < -0.39 is 5.97 Å². The zero-order valence-electron chi connectivity index (χ0n) is 7.04. The lowest BCUT2D eigenvalue weighted by molar-refractivity contribution is 0.0693. The summed E-state index contributed by atoms with van der Waals surface area (Å²) < 4.78 is 5.62. The van der Waals surface area contributed by atoms with E-state index in [-0.39, 0.29) is 15.8 Å². The molecule has 2 N–H and O–H groups in total. The first-order valence-electron chi connectivity index (χ1n) is 3.47. The predicted octanol–water partition coefficient (Wildman–Crippen LogP) is 2.62. The zero-order valence-corrected chi connectivity index (χ0v) is 10.2. The highest BCUT2D eigenvalue weighted by Crippen LogP contribution is 2.41. The molecule has 4 nitrogen and oxygen atoms in total. The molecule has 0 unspecified atom stereocenters. The van der Waals surface area contributed by atoms with Gasteiger partial charge in [0.25, 0.3) is 0 Å². The minimum Gasteiger partial charge on any atom is -0.506 e. The highest BCUT2D eigenvalue weighted by Gasteiger charge is 2.19. The van der Waals surface area contributed by atoms with Gasteiger partial charge in [-0.25, -0.2) is 4.79 Å². The average Bonchev–Trinajstić information content (AvgIpc) is 2.12. The maximum Gasteiger partial charge on any atom is 0.339 e. The monoisotopic (exact) mass is 324 g/mol. The summed E-state index contributed by atoms with van der Waals surface area (Å²) in [5.74, 6) is -1.20. The fourth-order valence-corrected chi connectivity index (χ4v) is 2.39. The first-order valence-corrected chi connectivity index (χ1v) is 5.06. The Labute approximate surface area is 96.8 Å². The lowest BCUT2D eigenvalue weighted by Gasteiger charge is -2.09. The van der Waals surface area contributed by atoms with E-state index in [9.17, 15) is 9.90 Å². The SMILES string of the molecule is COc1c(Br)cc(C(=O)O)c(O)c1Br. The number of methoxy groups -OCH3 is 1. The second-order valence-corrected chi connectivity index (χ2v) is 4.05. The summed E-state index contributed by atoms with van der Waals surface area (Å²) in [6.45, 7) is 0. The number of halogens is 2. The first-order chi connectivity index (χ1) is 6.49. The van der Waals surface area contributed by atoms with Gasteiger partial charge < -0.3 is 14.9 Å². The molecular weight excluding hydrogens is 320 g/mol. The lowest BCUT2D eigenvalue weighted by atomic mass is 10.2. The zero-order chi connectivity index (χ0) is 10.9. The Hall–Kier alpha value is -0.750. The molecule has 0 atom stereocenters. The molecule has 0 spiro atoms. The highest BCUT2D eigenvalue weighted by atomic mass is 79.9. The van der Waals surface area contributed by atoms with Crippen molar-refractivity contribution in [1.29, 1.82) is 0 Å². The van der Waals surface area contributed by atoms with Crippen molar-refractivity contribution in [2.45, 2.75) is 0 Å². The van der Waals surface area contributed by atoms with E-state index in [2.05, 4.69) is 31.9 Å². The molecule has 0 amide bonds. The Balaban J connectivity index is 3.47. The van der Waals surface area contributed by atoms with Crippen molar-refractivity contribution in [2.24, 2.45) is 0 Å². The summed E-state index contributed by atoms with van der Waals surface area (Å²) in [6, 6.07) is 1.28. The fourth-order valence-electron chi connectivity index (χ4n) is 0.941. The van der Waals surface area contributed by atoms with Crippen molar-refractivity contribution >= 4 is 37.8 Å². The minimum absolute atomic E-state index is 0.190. The largest absolute Gasteiger partial charge is 0.506 e. The van der Waals surface area contributed by atoms with Crippen LogP contribution in [0.15, 0.2) is 15.0 Å². The van der Waals surface area contributed by atoms with Crippen molar-refractivity contribution in [3.8, 4) is 11.5 Å². The highest BCUT2D eigenvalue weighted by molar-refractivity contribution is 9.11. The van der Waals surface area contributed by atoms with Gasteiger partial charge in [0.15, 0.2) is 5.75 Å². The number of phenols is 1. The van der Waals surface area contributed by atoms with Crippen LogP contribution in [0.25, 0.3) is 0 Å². The van der Waals surface area contributed by atoms with Crippen molar-refractivity contribution in [2.75, 3.05) is 7.11 Å². The predicted molar refractivity (Wildman–Crippen MR) is 57.0 cm³/mol. The van der Waals surface area contributed by atoms with E-state index in [4.69, 9.17) is 9.84 Å². The lowest BCUT2D eigenvalue weighted by Crippen LogP contribution is -1.99. The number of carboxylic acids is 1. The molecule has 0 heterocycles. The Morgan fingerprint density at radius 3 is 2.50 bits per heavy atom. The van der Waals surface area contributed by atoms with E-state index in [0.29, 0.717) is 10.2 Å². The summed E-state index contributed by atoms with van der Waals surface area (Å²) in [6.07, 6.45) is 0. The van der Waals surface area contributed by atoms with Gasteiger partial charge in [0.2, 0.25) is 0 Å². The van der Waals surface area contributed by atoms with Crippen LogP contribution in [0, 0.1) is 0 Å². The molecular formula is C8H6Br2O4. The molecule has 0 fully saturated rings. The summed E-state index contributed by atoms with van der Waals surface area (Å²) in [7, 11) is 1.42. The quantitative estimate of drug-likeness (QED) is 0.877. The minimum atomic E-state index is -1.20. The van der Waals surface area contributed by atoms with E-state index in [1.807, 2.05) is 0 Å². The van der Waals surface area contributed by atoms with Crippen molar-refractivity contribution in [3.05, 3.63) is 20.6 Å². The van der Waals surface area contributed by atoms with Gasteiger partial charge in [-0.1, -0.05) is 0 Å². The molecule has 0 radical (unpaired) electrons. The molecule has 76 valence electrons. The van der Waals surface area contributed by atoms with Gasteiger partial charge in [0.1, 0.15) is 15.8 Å². The van der Waals surface area contributed by atoms with Gasteiger partial charge in [-0.05, 0) is 37.9 Å². The third-order valence-corrected chi connectivity index (χ3v) is 2.91. The molecule has 1 rings (SSSR count). The summed E-state index contributed by atoms with van der Waals surface area (Å²) in [4.78, 5) is 10.7. The molecule has 0 saturated heterocycles. The number of aromatic hydroxyl groups is 1. The van der Waals surface area contributed by atoms with E-state index in [1.165, 1.54) is 13.2 Å². The Kier molecular flexibility index (Phi) is 3.38. The normalized spacial score (nSPS) is 9.93. The third-order valence-electron chi connectivity index (χ3n) is 1.58. The van der Waals surface area contributed by atoms with Crippen LogP contribution < -0.4 is 4.74 Å². The van der Waals surface area contributed by atoms with Gasteiger partial charge >= 0.3 is 5.97 Å². The third kappa shape index (κ3) is 1.85. The fraction of sp³-hybridized carbons (Fsp3) is 0.125. The number of rotatable bonds is 2. The molecule has 0 aliphatic rings. The van der Waals surface area contributed by atoms with Crippen molar-refractivity contribution in [1.82, 2.24) is 0 Å². The molecule has 6 heteroatoms. The first kappa shape index (κ1) is 11.3. The summed E-state index contributed by atoms with van der Waals surface area (Å²) >= 11 is 6.17. The molecule has 14 heavy (non-hydrogen) atoms. The smallest absolute Gasteiger partial charge is 0.339 e. The average molecular weight is 326 g/mol. The number of carboxylic acid groups (broad SMARTS) is 1. The number of benzene rings is 1. The maximum atomic E-state index is 10.7. The van der Waals surface area contributed by atoms with Gasteiger partial charge in [0, 0.05) is 0 Å². The molecule has 1 aromatic rings. The van der Waals surface area contributed by atoms with Crippen LogP contribution in [0.4, 0.5) is 0 Å². The van der Waals surface area contributed by atoms with Gasteiger partial charge in [-0.15, -0.1) is 0 Å². The molecule has 0 bridgehead atoms. The topological polar surface area (TPSA) is 66.8 Å². The van der Waals surface area contributed by atoms with Crippen LogP contribution in [0.1, 0.15) is 10.4 Å². The Morgan fingerprint density at radius 1 is 1.50 bits per heavy atom. The second-order valence-electron chi connectivity index (χ2n) is 2.41. The van der Waals surface area contributed by atoms with Crippen molar-refractivity contribution < 1.29 is 19.7 Å². The van der Waals surface area contributed by atoms with Crippen molar-refractivity contribution in [3.63, 3.8) is 0 Å². The van der Waals surface area contributed by atoms with Crippen LogP contribution in [0.5, 0.6) is 11.5 Å². The summed E-state index contributed by atoms with van der Waals surface area (Å²) in [5, 5.41) is 18.2. The van der Waals surface area contributed by atoms with E-state index in [1.54, 1.807) is 0 Å². The molecule has 0 aliphatic heterocycles. The number of carbonyl (C=O) groups is 1. The number of ether oxygens (including phenoxy) is 1. The van der Waals surface area contributed by atoms with Gasteiger partial charge in [-0.2, -0.15) is 0 Å². The van der Waals surface area contributed by atoms with Crippen LogP contribution in [-0.4, -0.2) is 23.3 Å². The standard InChI is InChI=1S/C8H6Br2O4/c1-14-7-4(9)2-3(8(12)13)6(11)5(7)10/h2,11H,1H3,(H,12,13). The number of hydrogen-bond acceptors (Lipinski definition) is 3. The molecule has 0 aromatic heterocycles. The van der Waals surface area contributed by atoms with Crippen LogP contribution >= 0.6 is 31.9 Å². The summed E-state index contributed by atoms with van der Waals surface area (Å²) in [5.41, 5.74) is -0.190. The van der Waals surface area contributed by atoms with Gasteiger partial charge in [-0.3, -0.25) is 0 Å². The number of aromatic carboxylic acids is 1. The Morgan fingerprint density at radius 2 is 2.07 bits per heavy atom. The van der Waals surface area contributed by atoms with E-state index >= 15 is 0 Å². The Bertz CT molecular complexity index is 389.